The molecule has 0 radical (unpaired) electrons. The van der Waals surface area contributed by atoms with Gasteiger partial charge in [0.25, 0.3) is 11.8 Å². The minimum atomic E-state index is -0.212. The second kappa shape index (κ2) is 9.86. The Hall–Kier alpha value is -3.67. The molecule has 33 heavy (non-hydrogen) atoms. The summed E-state index contributed by atoms with van der Waals surface area (Å²) in [5.74, 6) is -0.530. The topological polar surface area (TPSA) is 78.5 Å². The molecule has 1 aliphatic rings. The zero-order chi connectivity index (χ0) is 23.4. The molecule has 3 aromatic rings. The maximum absolute atomic E-state index is 13.2. The molecule has 6 nitrogen and oxygen atoms in total. The molecular formula is C27H29N3O3. The van der Waals surface area contributed by atoms with E-state index in [1.807, 2.05) is 61.2 Å². The van der Waals surface area contributed by atoms with Gasteiger partial charge in [0.1, 0.15) is 0 Å². The number of amides is 3. The molecule has 2 N–H and O–H groups in total. The van der Waals surface area contributed by atoms with E-state index in [4.69, 9.17) is 0 Å². The van der Waals surface area contributed by atoms with Crippen molar-refractivity contribution in [3.05, 3.63) is 77.9 Å². The zero-order valence-electron chi connectivity index (χ0n) is 19.0. The Morgan fingerprint density at radius 3 is 2.24 bits per heavy atom. The van der Waals surface area contributed by atoms with Gasteiger partial charge in [-0.15, -0.1) is 0 Å². The smallest absolute Gasteiger partial charge is 0.254 e. The molecule has 6 heteroatoms. The molecule has 0 bridgehead atoms. The lowest BCUT2D eigenvalue weighted by molar-refractivity contribution is -0.121. The number of anilines is 1. The Morgan fingerprint density at radius 1 is 0.848 bits per heavy atom. The summed E-state index contributed by atoms with van der Waals surface area (Å²) in [5, 5.41) is 7.78. The summed E-state index contributed by atoms with van der Waals surface area (Å²) in [4.78, 5) is 40.4. The third kappa shape index (κ3) is 5.06. The maximum atomic E-state index is 13.2. The Balaban J connectivity index is 1.40. The summed E-state index contributed by atoms with van der Waals surface area (Å²) >= 11 is 0. The molecule has 0 atom stereocenters. The Bertz CT molecular complexity index is 1170. The van der Waals surface area contributed by atoms with Crippen LogP contribution in [-0.2, 0) is 4.79 Å². The lowest BCUT2D eigenvalue weighted by Crippen LogP contribution is -2.41. The van der Waals surface area contributed by atoms with Crippen LogP contribution in [0.4, 0.5) is 5.69 Å². The molecular weight excluding hydrogens is 414 g/mol. The van der Waals surface area contributed by atoms with Crippen molar-refractivity contribution in [1.29, 1.82) is 0 Å². The van der Waals surface area contributed by atoms with E-state index in [-0.39, 0.29) is 29.7 Å². The van der Waals surface area contributed by atoms with Crippen LogP contribution >= 0.6 is 0 Å². The first kappa shape index (κ1) is 22.5. The van der Waals surface area contributed by atoms with Crippen molar-refractivity contribution >= 4 is 34.2 Å². The molecule has 170 valence electrons. The van der Waals surface area contributed by atoms with Crippen molar-refractivity contribution in [3.63, 3.8) is 0 Å². The number of carbonyl (C=O) groups excluding carboxylic acids is 3. The summed E-state index contributed by atoms with van der Waals surface area (Å²) in [6, 6.07) is 20.7. The predicted molar refractivity (Wildman–Crippen MR) is 130 cm³/mol. The number of nitrogens with one attached hydrogen (secondary N) is 2. The number of para-hydroxylation sites is 1. The SMILES string of the molecule is CC(C)NC(=O)c1ccccc1NC(=O)C1CCN(C(=O)c2cccc3ccccc23)CC1. The van der Waals surface area contributed by atoms with Crippen LogP contribution < -0.4 is 10.6 Å². The molecule has 1 heterocycles. The highest BCUT2D eigenvalue weighted by atomic mass is 16.2. The number of nitrogens with zero attached hydrogens (tertiary/aromatic N) is 1. The number of piperidine rings is 1. The molecule has 0 spiro atoms. The molecule has 0 aromatic heterocycles. The van der Waals surface area contributed by atoms with Crippen LogP contribution in [0.25, 0.3) is 10.8 Å². The van der Waals surface area contributed by atoms with E-state index >= 15 is 0 Å². The van der Waals surface area contributed by atoms with E-state index in [0.29, 0.717) is 42.7 Å². The van der Waals surface area contributed by atoms with E-state index in [1.54, 1.807) is 24.3 Å². The van der Waals surface area contributed by atoms with Crippen molar-refractivity contribution in [2.24, 2.45) is 5.92 Å². The lowest BCUT2D eigenvalue weighted by Gasteiger charge is -2.31. The van der Waals surface area contributed by atoms with Crippen LogP contribution in [0, 0.1) is 5.92 Å². The first-order valence-electron chi connectivity index (χ1n) is 11.4. The molecule has 3 aromatic carbocycles. The predicted octanol–water partition coefficient (Wildman–Crippen LogP) is 4.47. The highest BCUT2D eigenvalue weighted by Crippen LogP contribution is 2.25. The van der Waals surface area contributed by atoms with Crippen molar-refractivity contribution < 1.29 is 14.4 Å². The fraction of sp³-hybridized carbons (Fsp3) is 0.296. The molecule has 1 fully saturated rings. The molecule has 0 saturated carbocycles. The van der Waals surface area contributed by atoms with Crippen LogP contribution in [0.15, 0.2) is 66.7 Å². The van der Waals surface area contributed by atoms with E-state index in [9.17, 15) is 14.4 Å². The van der Waals surface area contributed by atoms with Gasteiger partial charge in [-0.3, -0.25) is 14.4 Å². The van der Waals surface area contributed by atoms with Gasteiger partial charge in [0.15, 0.2) is 0 Å². The van der Waals surface area contributed by atoms with Gasteiger partial charge in [-0.25, -0.2) is 0 Å². The van der Waals surface area contributed by atoms with Gasteiger partial charge in [-0.2, -0.15) is 0 Å². The van der Waals surface area contributed by atoms with Crippen LogP contribution in [0.3, 0.4) is 0 Å². The second-order valence-electron chi connectivity index (χ2n) is 8.76. The fourth-order valence-corrected chi connectivity index (χ4v) is 4.29. The van der Waals surface area contributed by atoms with Crippen LogP contribution in [0.5, 0.6) is 0 Å². The van der Waals surface area contributed by atoms with E-state index < -0.39 is 0 Å². The van der Waals surface area contributed by atoms with Crippen LogP contribution in [0.1, 0.15) is 47.4 Å². The molecule has 0 unspecified atom stereocenters. The Morgan fingerprint density at radius 2 is 1.48 bits per heavy atom. The Kier molecular flexibility index (Phi) is 6.73. The number of hydrogen-bond donors (Lipinski definition) is 2. The summed E-state index contributed by atoms with van der Waals surface area (Å²) in [6.07, 6.45) is 1.17. The van der Waals surface area contributed by atoms with Crippen LogP contribution in [-0.4, -0.2) is 41.8 Å². The second-order valence-corrected chi connectivity index (χ2v) is 8.76. The Labute approximate surface area is 194 Å². The molecule has 1 saturated heterocycles. The third-order valence-electron chi connectivity index (χ3n) is 6.02. The van der Waals surface area contributed by atoms with Crippen molar-refractivity contribution in [1.82, 2.24) is 10.2 Å². The van der Waals surface area contributed by atoms with Crippen LogP contribution in [0.2, 0.25) is 0 Å². The number of fused-ring (bicyclic) bond motifs is 1. The molecule has 4 rings (SSSR count). The third-order valence-corrected chi connectivity index (χ3v) is 6.02. The van der Waals surface area contributed by atoms with Gasteiger partial charge in [0.05, 0.1) is 11.3 Å². The lowest BCUT2D eigenvalue weighted by atomic mass is 9.94. The molecule has 0 aliphatic carbocycles. The highest BCUT2D eigenvalue weighted by Gasteiger charge is 2.29. The van der Waals surface area contributed by atoms with Gasteiger partial charge >= 0.3 is 0 Å². The fourth-order valence-electron chi connectivity index (χ4n) is 4.29. The average molecular weight is 444 g/mol. The average Bonchev–Trinajstić information content (AvgIpc) is 2.83. The maximum Gasteiger partial charge on any atom is 0.254 e. The van der Waals surface area contributed by atoms with E-state index in [0.717, 1.165) is 10.8 Å². The van der Waals surface area contributed by atoms with Crippen molar-refractivity contribution in [2.45, 2.75) is 32.7 Å². The van der Waals surface area contributed by atoms with Gasteiger partial charge in [-0.05, 0) is 55.7 Å². The minimum Gasteiger partial charge on any atom is -0.350 e. The van der Waals surface area contributed by atoms with Gasteiger partial charge in [-0.1, -0.05) is 48.5 Å². The normalized spacial score (nSPS) is 14.3. The largest absolute Gasteiger partial charge is 0.350 e. The number of hydrogen-bond acceptors (Lipinski definition) is 3. The summed E-state index contributed by atoms with van der Waals surface area (Å²) in [6.45, 7) is 4.84. The minimum absolute atomic E-state index is 0.00126. The highest BCUT2D eigenvalue weighted by molar-refractivity contribution is 6.07. The number of benzene rings is 3. The first-order chi connectivity index (χ1) is 15.9. The van der Waals surface area contributed by atoms with Crippen molar-refractivity contribution in [2.75, 3.05) is 18.4 Å². The van der Waals surface area contributed by atoms with Gasteiger partial charge in [0, 0.05) is 30.6 Å². The van der Waals surface area contributed by atoms with Crippen molar-refractivity contribution in [3.8, 4) is 0 Å². The van der Waals surface area contributed by atoms with E-state index in [2.05, 4.69) is 10.6 Å². The summed E-state index contributed by atoms with van der Waals surface area (Å²) in [5.41, 5.74) is 1.65. The standard InChI is InChI=1S/C27H29N3O3/c1-18(2)28-26(32)23-11-5-6-13-24(23)29-25(31)20-14-16-30(17-15-20)27(33)22-12-7-9-19-8-3-4-10-21(19)22/h3-13,18,20H,14-17H2,1-2H3,(H,28,32)(H,29,31). The number of rotatable bonds is 5. The summed E-state index contributed by atoms with van der Waals surface area (Å²) in [7, 11) is 0. The van der Waals surface area contributed by atoms with Gasteiger partial charge in [0.2, 0.25) is 5.91 Å². The molecule has 1 aliphatic heterocycles. The number of carbonyl (C=O) groups is 3. The monoisotopic (exact) mass is 443 g/mol. The summed E-state index contributed by atoms with van der Waals surface area (Å²) < 4.78 is 0. The van der Waals surface area contributed by atoms with E-state index in [1.165, 1.54) is 0 Å². The zero-order valence-corrected chi connectivity index (χ0v) is 19.0. The van der Waals surface area contributed by atoms with Gasteiger partial charge < -0.3 is 15.5 Å². The first-order valence-corrected chi connectivity index (χ1v) is 11.4. The quantitative estimate of drug-likeness (QED) is 0.611. The number of likely N-dealkylation sites (tertiary alicyclic amines) is 1. The molecule has 3 amide bonds.